The summed E-state index contributed by atoms with van der Waals surface area (Å²) in [4.78, 5) is 14.3. The van der Waals surface area contributed by atoms with Crippen LogP contribution in [0.5, 0.6) is 0 Å². The van der Waals surface area contributed by atoms with Crippen LogP contribution in [0.4, 0.5) is 10.5 Å². The number of hydrogen-bond acceptors (Lipinski definition) is 3. The number of anilines is 1. The zero-order chi connectivity index (χ0) is 17.6. The third-order valence-corrected chi connectivity index (χ3v) is 3.43. The summed E-state index contributed by atoms with van der Waals surface area (Å²) in [6, 6.07) is 9.24. The zero-order valence-corrected chi connectivity index (χ0v) is 14.6. The maximum atomic E-state index is 12.5. The first kappa shape index (κ1) is 18.0. The van der Waals surface area contributed by atoms with E-state index >= 15 is 0 Å². The minimum absolute atomic E-state index is 0.00323. The molecule has 0 spiro atoms. The molecule has 0 saturated heterocycles. The first-order valence-corrected chi connectivity index (χ1v) is 8.16. The SMILES string of the molecule is CC(C)(C)CN(CCCO)C(=O)Nc1ccc(-n2cccn2)cc1. The highest BCUT2D eigenvalue weighted by Gasteiger charge is 2.20. The lowest BCUT2D eigenvalue weighted by Crippen LogP contribution is -2.41. The largest absolute Gasteiger partial charge is 0.396 e. The van der Waals surface area contributed by atoms with Crippen molar-refractivity contribution in [1.29, 1.82) is 0 Å². The number of rotatable bonds is 6. The minimum atomic E-state index is -0.148. The molecule has 2 aromatic rings. The van der Waals surface area contributed by atoms with E-state index in [4.69, 9.17) is 5.11 Å². The van der Waals surface area contributed by atoms with Gasteiger partial charge >= 0.3 is 6.03 Å². The Labute approximate surface area is 143 Å². The summed E-state index contributed by atoms with van der Waals surface area (Å²) in [5, 5.41) is 16.1. The molecule has 0 aliphatic rings. The summed E-state index contributed by atoms with van der Waals surface area (Å²) in [6.07, 6.45) is 4.16. The molecule has 0 saturated carbocycles. The summed E-state index contributed by atoms with van der Waals surface area (Å²) < 4.78 is 1.76. The van der Waals surface area contributed by atoms with Crippen molar-refractivity contribution in [3.8, 4) is 5.69 Å². The van der Waals surface area contributed by atoms with E-state index < -0.39 is 0 Å². The number of aliphatic hydroxyl groups is 1. The Morgan fingerprint density at radius 3 is 2.54 bits per heavy atom. The van der Waals surface area contributed by atoms with E-state index in [0.717, 1.165) is 11.4 Å². The zero-order valence-electron chi connectivity index (χ0n) is 14.6. The van der Waals surface area contributed by atoms with Gasteiger partial charge in [0.2, 0.25) is 0 Å². The third kappa shape index (κ3) is 5.38. The average molecular weight is 330 g/mol. The van der Waals surface area contributed by atoms with E-state index in [1.807, 2.05) is 36.5 Å². The molecule has 1 aromatic heterocycles. The maximum absolute atomic E-state index is 12.5. The van der Waals surface area contributed by atoms with E-state index in [1.54, 1.807) is 15.8 Å². The molecule has 2 N–H and O–H groups in total. The lowest BCUT2D eigenvalue weighted by molar-refractivity contribution is 0.176. The van der Waals surface area contributed by atoms with Gasteiger partial charge in [-0.2, -0.15) is 5.10 Å². The first-order valence-electron chi connectivity index (χ1n) is 8.16. The van der Waals surface area contributed by atoms with Crippen molar-refractivity contribution < 1.29 is 9.90 Å². The topological polar surface area (TPSA) is 70.4 Å². The lowest BCUT2D eigenvalue weighted by Gasteiger charge is -2.30. The summed E-state index contributed by atoms with van der Waals surface area (Å²) >= 11 is 0. The van der Waals surface area contributed by atoms with Gasteiger partial charge in [-0.05, 0) is 42.2 Å². The van der Waals surface area contributed by atoms with Gasteiger partial charge in [0.1, 0.15) is 0 Å². The Hall–Kier alpha value is -2.34. The van der Waals surface area contributed by atoms with E-state index in [1.165, 1.54) is 0 Å². The van der Waals surface area contributed by atoms with Gasteiger partial charge < -0.3 is 15.3 Å². The van der Waals surface area contributed by atoms with Crippen molar-refractivity contribution in [2.24, 2.45) is 5.41 Å². The fourth-order valence-electron chi connectivity index (χ4n) is 2.41. The molecule has 0 atom stereocenters. The van der Waals surface area contributed by atoms with Crippen LogP contribution in [0.25, 0.3) is 5.69 Å². The second kappa shape index (κ2) is 7.97. The molecule has 0 aliphatic heterocycles. The van der Waals surface area contributed by atoms with Crippen LogP contribution in [-0.2, 0) is 0 Å². The van der Waals surface area contributed by atoms with E-state index in [-0.39, 0.29) is 18.1 Å². The van der Waals surface area contributed by atoms with Crippen LogP contribution in [-0.4, -0.2) is 45.5 Å². The highest BCUT2D eigenvalue weighted by atomic mass is 16.3. The van der Waals surface area contributed by atoms with Gasteiger partial charge in [0.15, 0.2) is 0 Å². The number of aromatic nitrogens is 2. The van der Waals surface area contributed by atoms with Crippen molar-refractivity contribution >= 4 is 11.7 Å². The molecule has 130 valence electrons. The van der Waals surface area contributed by atoms with Crippen molar-refractivity contribution in [3.63, 3.8) is 0 Å². The van der Waals surface area contributed by atoms with Crippen molar-refractivity contribution in [2.75, 3.05) is 25.0 Å². The smallest absolute Gasteiger partial charge is 0.321 e. The number of carbonyl (C=O) groups is 1. The molecule has 0 aliphatic carbocycles. The second-order valence-corrected chi connectivity index (χ2v) is 6.99. The third-order valence-electron chi connectivity index (χ3n) is 3.43. The molecule has 6 heteroatoms. The molecule has 0 radical (unpaired) electrons. The van der Waals surface area contributed by atoms with Crippen LogP contribution in [0.2, 0.25) is 0 Å². The van der Waals surface area contributed by atoms with Crippen LogP contribution in [0, 0.1) is 5.41 Å². The molecule has 6 nitrogen and oxygen atoms in total. The highest BCUT2D eigenvalue weighted by Crippen LogP contribution is 2.18. The Morgan fingerprint density at radius 1 is 1.29 bits per heavy atom. The van der Waals surface area contributed by atoms with E-state index in [2.05, 4.69) is 31.2 Å². The summed E-state index contributed by atoms with van der Waals surface area (Å²) in [7, 11) is 0. The minimum Gasteiger partial charge on any atom is -0.396 e. The van der Waals surface area contributed by atoms with Gasteiger partial charge in [0, 0.05) is 37.8 Å². The van der Waals surface area contributed by atoms with Crippen molar-refractivity contribution in [2.45, 2.75) is 27.2 Å². The van der Waals surface area contributed by atoms with Gasteiger partial charge in [0.25, 0.3) is 0 Å². The van der Waals surface area contributed by atoms with Crippen LogP contribution in [0.15, 0.2) is 42.7 Å². The molecule has 1 aromatic carbocycles. The normalized spacial score (nSPS) is 11.3. The predicted molar refractivity (Wildman–Crippen MR) is 95.3 cm³/mol. The molecule has 0 bridgehead atoms. The monoisotopic (exact) mass is 330 g/mol. The summed E-state index contributed by atoms with van der Waals surface area (Å²) in [5.41, 5.74) is 1.67. The fourth-order valence-corrected chi connectivity index (χ4v) is 2.41. The number of carbonyl (C=O) groups excluding carboxylic acids is 1. The first-order chi connectivity index (χ1) is 11.4. The maximum Gasteiger partial charge on any atom is 0.321 e. The van der Waals surface area contributed by atoms with Gasteiger partial charge in [0.05, 0.1) is 5.69 Å². The number of benzene rings is 1. The number of nitrogens with one attached hydrogen (secondary N) is 1. The second-order valence-electron chi connectivity index (χ2n) is 6.99. The van der Waals surface area contributed by atoms with Crippen molar-refractivity contribution in [3.05, 3.63) is 42.7 Å². The van der Waals surface area contributed by atoms with Crippen LogP contribution < -0.4 is 5.32 Å². The number of nitrogens with zero attached hydrogens (tertiary/aromatic N) is 3. The Kier molecular flexibility index (Phi) is 5.98. The highest BCUT2D eigenvalue weighted by molar-refractivity contribution is 5.89. The average Bonchev–Trinajstić information content (AvgIpc) is 3.05. The molecule has 0 unspecified atom stereocenters. The van der Waals surface area contributed by atoms with E-state index in [0.29, 0.717) is 19.5 Å². The summed E-state index contributed by atoms with van der Waals surface area (Å²) in [6.45, 7) is 7.50. The van der Waals surface area contributed by atoms with Gasteiger partial charge in [-0.15, -0.1) is 0 Å². The molecule has 2 amide bonds. The fraction of sp³-hybridized carbons (Fsp3) is 0.444. The van der Waals surface area contributed by atoms with Crippen LogP contribution in [0.3, 0.4) is 0 Å². The molecular weight excluding hydrogens is 304 g/mol. The predicted octanol–water partition coefficient (Wildman–Crippen LogP) is 3.13. The molecule has 2 rings (SSSR count). The molecule has 0 fully saturated rings. The number of urea groups is 1. The Balaban J connectivity index is 2.02. The quantitative estimate of drug-likeness (QED) is 0.855. The van der Waals surface area contributed by atoms with Gasteiger partial charge in [-0.25, -0.2) is 9.48 Å². The van der Waals surface area contributed by atoms with E-state index in [9.17, 15) is 4.79 Å². The summed E-state index contributed by atoms with van der Waals surface area (Å²) in [5.74, 6) is 0. The van der Waals surface area contributed by atoms with Gasteiger partial charge in [-0.1, -0.05) is 20.8 Å². The number of amides is 2. The van der Waals surface area contributed by atoms with Gasteiger partial charge in [-0.3, -0.25) is 0 Å². The molecule has 24 heavy (non-hydrogen) atoms. The number of aliphatic hydroxyl groups excluding tert-OH is 1. The standard InChI is InChI=1S/C18H26N4O2/c1-18(2,3)14-21(11-5-13-23)17(24)20-15-6-8-16(9-7-15)22-12-4-10-19-22/h4,6-10,12,23H,5,11,13-14H2,1-3H3,(H,20,24). The Bertz CT molecular complexity index is 630. The molecule has 1 heterocycles. The Morgan fingerprint density at radius 2 is 2.00 bits per heavy atom. The van der Waals surface area contributed by atoms with Crippen molar-refractivity contribution in [1.82, 2.24) is 14.7 Å². The van der Waals surface area contributed by atoms with Crippen LogP contribution >= 0.6 is 0 Å². The molecular formula is C18H26N4O2. The number of hydrogen-bond donors (Lipinski definition) is 2. The lowest BCUT2D eigenvalue weighted by atomic mass is 9.96. The van der Waals surface area contributed by atoms with Crippen LogP contribution in [0.1, 0.15) is 27.2 Å².